The highest BCUT2D eigenvalue weighted by Gasteiger charge is 2.17. The van der Waals surface area contributed by atoms with E-state index in [0.29, 0.717) is 10.0 Å². The number of rotatable bonds is 2. The summed E-state index contributed by atoms with van der Waals surface area (Å²) in [7, 11) is 0. The van der Waals surface area contributed by atoms with Gasteiger partial charge in [0.1, 0.15) is 0 Å². The van der Waals surface area contributed by atoms with Gasteiger partial charge in [0.15, 0.2) is 0 Å². The minimum atomic E-state index is 0.0137. The van der Waals surface area contributed by atoms with Crippen LogP contribution in [-0.4, -0.2) is 0 Å². The Hall–Kier alpha value is -1.02. The molecule has 0 bridgehead atoms. The van der Waals surface area contributed by atoms with Crippen LogP contribution in [0.15, 0.2) is 60.7 Å². The lowest BCUT2D eigenvalue weighted by atomic mass is 9.98. The Kier molecular flexibility index (Phi) is 4.02. The van der Waals surface area contributed by atoms with E-state index in [1.165, 1.54) is 16.3 Å². The molecule has 0 spiro atoms. The molecule has 0 radical (unpaired) electrons. The van der Waals surface area contributed by atoms with Crippen LogP contribution >= 0.6 is 39.1 Å². The monoisotopic (exact) mass is 364 g/mol. The van der Waals surface area contributed by atoms with Crippen LogP contribution < -0.4 is 0 Å². The van der Waals surface area contributed by atoms with Crippen molar-refractivity contribution in [1.82, 2.24) is 0 Å². The maximum absolute atomic E-state index is 6.33. The minimum Gasteiger partial charge on any atom is -0.0827 e. The van der Waals surface area contributed by atoms with Gasteiger partial charge < -0.3 is 0 Å². The molecule has 0 aliphatic rings. The number of hydrogen-bond donors (Lipinski definition) is 0. The van der Waals surface area contributed by atoms with Gasteiger partial charge in [-0.3, -0.25) is 0 Å². The van der Waals surface area contributed by atoms with Crippen LogP contribution in [0.3, 0.4) is 0 Å². The molecule has 3 rings (SSSR count). The van der Waals surface area contributed by atoms with Crippen molar-refractivity contribution in [3.63, 3.8) is 0 Å². The molecule has 0 amide bonds. The van der Waals surface area contributed by atoms with Crippen LogP contribution in [0.2, 0.25) is 10.0 Å². The van der Waals surface area contributed by atoms with E-state index in [9.17, 15) is 0 Å². The lowest BCUT2D eigenvalue weighted by molar-refractivity contribution is 1.20. The first-order valence-corrected chi connectivity index (χ1v) is 7.91. The van der Waals surface area contributed by atoms with Gasteiger partial charge in [0.25, 0.3) is 0 Å². The molecule has 0 aliphatic heterocycles. The van der Waals surface area contributed by atoms with Gasteiger partial charge in [-0.2, -0.15) is 0 Å². The second kappa shape index (κ2) is 5.77. The van der Waals surface area contributed by atoms with E-state index >= 15 is 0 Å². The van der Waals surface area contributed by atoms with E-state index in [1.54, 1.807) is 6.07 Å². The Balaban J connectivity index is 2.18. The average molecular weight is 366 g/mol. The van der Waals surface area contributed by atoms with Crippen LogP contribution in [0.4, 0.5) is 0 Å². The second-order valence-corrected chi connectivity index (χ2v) is 6.27. The summed E-state index contributed by atoms with van der Waals surface area (Å²) >= 11 is 16.2. The molecule has 0 heterocycles. The van der Waals surface area contributed by atoms with Gasteiger partial charge in [0, 0.05) is 0 Å². The van der Waals surface area contributed by atoms with Crippen molar-refractivity contribution < 1.29 is 0 Å². The topological polar surface area (TPSA) is 0 Å². The molecule has 100 valence electrons. The predicted molar refractivity (Wildman–Crippen MR) is 91.2 cm³/mol. The van der Waals surface area contributed by atoms with Crippen LogP contribution in [0.1, 0.15) is 16.0 Å². The van der Waals surface area contributed by atoms with Gasteiger partial charge >= 0.3 is 0 Å². The van der Waals surface area contributed by atoms with Crippen molar-refractivity contribution in [3.8, 4) is 0 Å². The third-order valence-corrected chi connectivity index (χ3v) is 5.17. The fourth-order valence-corrected chi connectivity index (χ4v) is 3.68. The van der Waals surface area contributed by atoms with Gasteiger partial charge in [0.05, 0.1) is 14.9 Å². The molecule has 20 heavy (non-hydrogen) atoms. The zero-order valence-electron chi connectivity index (χ0n) is 10.5. The lowest BCUT2D eigenvalue weighted by Crippen LogP contribution is -1.95. The lowest BCUT2D eigenvalue weighted by Gasteiger charge is -2.15. The van der Waals surface area contributed by atoms with Gasteiger partial charge in [-0.05, 0) is 28.0 Å². The molecular formula is C17H11BrCl2. The fourth-order valence-electron chi connectivity index (χ4n) is 2.36. The first kappa shape index (κ1) is 13.9. The number of hydrogen-bond acceptors (Lipinski definition) is 0. The maximum Gasteiger partial charge on any atom is 0.0665 e. The Morgan fingerprint density at radius 1 is 0.750 bits per heavy atom. The maximum atomic E-state index is 6.33. The van der Waals surface area contributed by atoms with Gasteiger partial charge in [-0.1, -0.05) is 93.7 Å². The summed E-state index contributed by atoms with van der Waals surface area (Å²) in [6.45, 7) is 0. The number of fused-ring (bicyclic) bond motifs is 1. The summed E-state index contributed by atoms with van der Waals surface area (Å²) in [6.07, 6.45) is 0. The van der Waals surface area contributed by atoms with Crippen molar-refractivity contribution in [2.45, 2.75) is 4.83 Å². The first-order chi connectivity index (χ1) is 9.68. The van der Waals surface area contributed by atoms with E-state index in [0.717, 1.165) is 5.56 Å². The fraction of sp³-hybridized carbons (Fsp3) is 0.0588. The Labute approximate surface area is 136 Å². The SMILES string of the molecule is Clc1cccc(C(Br)c2cccc3ccccc23)c1Cl. The van der Waals surface area contributed by atoms with Crippen LogP contribution in [-0.2, 0) is 0 Å². The molecule has 0 fully saturated rings. The van der Waals surface area contributed by atoms with Gasteiger partial charge in [-0.25, -0.2) is 0 Å². The van der Waals surface area contributed by atoms with E-state index in [-0.39, 0.29) is 4.83 Å². The van der Waals surface area contributed by atoms with Gasteiger partial charge in [0.2, 0.25) is 0 Å². The predicted octanol–water partition coefficient (Wildman–Crippen LogP) is 6.63. The van der Waals surface area contributed by atoms with Gasteiger partial charge in [-0.15, -0.1) is 0 Å². The van der Waals surface area contributed by atoms with E-state index < -0.39 is 0 Å². The van der Waals surface area contributed by atoms with E-state index in [2.05, 4.69) is 46.3 Å². The summed E-state index contributed by atoms with van der Waals surface area (Å²) in [5.41, 5.74) is 2.17. The highest BCUT2D eigenvalue weighted by molar-refractivity contribution is 9.09. The molecule has 3 heteroatoms. The van der Waals surface area contributed by atoms with Crippen LogP contribution in [0.5, 0.6) is 0 Å². The van der Waals surface area contributed by atoms with Crippen LogP contribution in [0, 0.1) is 0 Å². The molecular weight excluding hydrogens is 355 g/mol. The normalized spacial score (nSPS) is 12.6. The van der Waals surface area contributed by atoms with E-state index in [4.69, 9.17) is 23.2 Å². The zero-order valence-corrected chi connectivity index (χ0v) is 13.6. The standard InChI is InChI=1S/C17H11BrCl2/c18-16(14-9-4-10-15(19)17(14)20)13-8-3-6-11-5-1-2-7-12(11)13/h1-10,16H. The summed E-state index contributed by atoms with van der Waals surface area (Å²) in [5, 5.41) is 3.61. The molecule has 1 atom stereocenters. The zero-order chi connectivity index (χ0) is 14.1. The molecule has 0 N–H and O–H groups in total. The molecule has 3 aromatic rings. The third kappa shape index (κ3) is 2.46. The molecule has 0 aromatic heterocycles. The molecule has 1 unspecified atom stereocenters. The smallest absolute Gasteiger partial charge is 0.0665 e. The quantitative estimate of drug-likeness (QED) is 0.447. The molecule has 3 aromatic carbocycles. The minimum absolute atomic E-state index is 0.0137. The summed E-state index contributed by atoms with van der Waals surface area (Å²) in [4.78, 5) is 0.0137. The number of alkyl halides is 1. The average Bonchev–Trinajstić information content (AvgIpc) is 2.49. The Bertz CT molecular complexity index is 763. The highest BCUT2D eigenvalue weighted by atomic mass is 79.9. The van der Waals surface area contributed by atoms with Crippen molar-refractivity contribution in [1.29, 1.82) is 0 Å². The molecule has 0 nitrogen and oxygen atoms in total. The van der Waals surface area contributed by atoms with Crippen molar-refractivity contribution >= 4 is 49.9 Å². The van der Waals surface area contributed by atoms with Crippen molar-refractivity contribution in [2.75, 3.05) is 0 Å². The first-order valence-electron chi connectivity index (χ1n) is 6.24. The van der Waals surface area contributed by atoms with Crippen molar-refractivity contribution in [3.05, 3.63) is 81.8 Å². The second-order valence-electron chi connectivity index (χ2n) is 4.57. The highest BCUT2D eigenvalue weighted by Crippen LogP contribution is 2.40. The number of halogens is 3. The molecule has 0 saturated heterocycles. The molecule has 0 saturated carbocycles. The summed E-state index contributed by atoms with van der Waals surface area (Å²) < 4.78 is 0. The van der Waals surface area contributed by atoms with Crippen LogP contribution in [0.25, 0.3) is 10.8 Å². The number of benzene rings is 3. The molecule has 0 aliphatic carbocycles. The Morgan fingerprint density at radius 3 is 2.25 bits per heavy atom. The Morgan fingerprint density at radius 2 is 1.40 bits per heavy atom. The largest absolute Gasteiger partial charge is 0.0827 e. The summed E-state index contributed by atoms with van der Waals surface area (Å²) in [5.74, 6) is 0. The van der Waals surface area contributed by atoms with E-state index in [1.807, 2.05) is 24.3 Å². The summed E-state index contributed by atoms with van der Waals surface area (Å²) in [6, 6.07) is 20.3. The third-order valence-electron chi connectivity index (χ3n) is 3.35. The van der Waals surface area contributed by atoms with Crippen molar-refractivity contribution in [2.24, 2.45) is 0 Å².